The van der Waals surface area contributed by atoms with E-state index in [-0.39, 0.29) is 37.0 Å². The van der Waals surface area contributed by atoms with Crippen molar-refractivity contribution in [3.63, 3.8) is 0 Å². The third-order valence-corrected chi connectivity index (χ3v) is 11.0. The molecule has 48 heavy (non-hydrogen) atoms. The minimum atomic E-state index is -4.13. The number of sulfonamides is 1. The maximum Gasteiger partial charge on any atom is 0.229 e. The van der Waals surface area contributed by atoms with Crippen molar-refractivity contribution in [2.45, 2.75) is 76.9 Å². The molecule has 1 amide bonds. The minimum absolute atomic E-state index is 0.0566. The van der Waals surface area contributed by atoms with Crippen LogP contribution in [0, 0.1) is 0 Å². The van der Waals surface area contributed by atoms with Crippen molar-refractivity contribution in [1.29, 1.82) is 0 Å². The first-order chi connectivity index (χ1) is 23.0. The Kier molecular flexibility index (Phi) is 12.0. The van der Waals surface area contributed by atoms with Crippen LogP contribution >= 0.6 is 11.6 Å². The van der Waals surface area contributed by atoms with E-state index in [4.69, 9.17) is 21.4 Å². The highest BCUT2D eigenvalue weighted by atomic mass is 35.5. The van der Waals surface area contributed by atoms with Crippen LogP contribution in [0.1, 0.15) is 44.2 Å². The van der Waals surface area contributed by atoms with Gasteiger partial charge in [-0.2, -0.15) is 5.10 Å². The highest BCUT2D eigenvalue weighted by molar-refractivity contribution is 7.91. The Hall–Kier alpha value is -3.63. The molecule has 250 valence electrons. The van der Waals surface area contributed by atoms with Gasteiger partial charge in [0, 0.05) is 22.3 Å². The van der Waals surface area contributed by atoms with Crippen LogP contribution in [-0.2, 0) is 38.7 Å². The van der Waals surface area contributed by atoms with Crippen molar-refractivity contribution in [1.82, 2.24) is 13.9 Å². The first kappa shape index (κ1) is 35.7. The molecule has 4 aromatic rings. The van der Waals surface area contributed by atoms with Gasteiger partial charge >= 0.3 is 0 Å². The third kappa shape index (κ3) is 9.08. The van der Waals surface area contributed by atoms with Gasteiger partial charge in [-0.05, 0) is 57.0 Å². The van der Waals surface area contributed by atoms with E-state index < -0.39 is 10.0 Å². The quantitative estimate of drug-likeness (QED) is 0.132. The third-order valence-electron chi connectivity index (χ3n) is 8.40. The first-order valence-corrected chi connectivity index (χ1v) is 18.4. The number of anilines is 1. The number of allylic oxidation sites excluding steroid dienone is 3. The molecule has 0 aliphatic heterocycles. The van der Waals surface area contributed by atoms with E-state index in [1.807, 2.05) is 100 Å². The lowest BCUT2D eigenvalue weighted by atomic mass is 9.48. The van der Waals surface area contributed by atoms with E-state index in [1.165, 1.54) is 0 Å². The fourth-order valence-corrected chi connectivity index (χ4v) is 8.55. The normalized spacial score (nSPS) is 13.5. The number of rotatable bonds is 15. The summed E-state index contributed by atoms with van der Waals surface area (Å²) in [7, 11) is -4.13. The second kappa shape index (κ2) is 16.2. The maximum absolute atomic E-state index is 15.0. The van der Waals surface area contributed by atoms with Crippen molar-refractivity contribution in [3.8, 4) is 0 Å². The molecule has 0 radical (unpaired) electrons. The molecule has 0 atom stereocenters. The molecule has 0 unspecified atom stereocenters. The van der Waals surface area contributed by atoms with Crippen molar-refractivity contribution in [2.24, 2.45) is 0 Å². The number of hydrogen-bond acceptors (Lipinski definition) is 5. The van der Waals surface area contributed by atoms with Crippen LogP contribution in [0.15, 0.2) is 107 Å². The van der Waals surface area contributed by atoms with Crippen LogP contribution in [-0.4, -0.2) is 54.6 Å². The number of carbonyl (C=O) groups is 1. The number of aromatic nitrogens is 2. The van der Waals surface area contributed by atoms with Gasteiger partial charge < -0.3 is 10.1 Å². The molecule has 0 bridgehead atoms. The van der Waals surface area contributed by atoms with Crippen LogP contribution in [0.3, 0.4) is 0 Å². The Bertz CT molecular complexity index is 1830. The molecule has 1 aliphatic carbocycles. The Morgan fingerprint density at radius 3 is 2.17 bits per heavy atom. The monoisotopic (exact) mass is 684 g/mol. The summed E-state index contributed by atoms with van der Waals surface area (Å²) in [5.74, 6) is -0.283. The zero-order valence-electron chi connectivity index (χ0n) is 28.1. The zero-order chi connectivity index (χ0) is 34.3. The minimum Gasteiger partial charge on any atom is -0.377 e. The van der Waals surface area contributed by atoms with Crippen molar-refractivity contribution < 1.29 is 17.9 Å². The fourth-order valence-electron chi connectivity index (χ4n) is 6.27. The lowest BCUT2D eigenvalue weighted by Gasteiger charge is -2.31. The summed E-state index contributed by atoms with van der Waals surface area (Å²) in [6.45, 7) is 7.98. The summed E-state index contributed by atoms with van der Waals surface area (Å²) >= 11 is 6.37. The van der Waals surface area contributed by atoms with Gasteiger partial charge in [0.2, 0.25) is 29.6 Å². The molecule has 0 saturated heterocycles. The number of carbonyl (C=O) groups excluding carboxylic acids is 1. The van der Waals surface area contributed by atoms with Crippen LogP contribution in [0.2, 0.25) is 13.6 Å². The topological polar surface area (TPSA) is 93.5 Å². The summed E-state index contributed by atoms with van der Waals surface area (Å²) in [6.07, 6.45) is 8.53. The molecule has 1 aliphatic rings. The van der Waals surface area contributed by atoms with Gasteiger partial charge in [-0.25, -0.2) is 8.42 Å². The van der Waals surface area contributed by atoms with Crippen LogP contribution in [0.4, 0.5) is 5.69 Å². The Balaban J connectivity index is 1.55. The Morgan fingerprint density at radius 2 is 1.58 bits per heavy atom. The maximum atomic E-state index is 15.0. The second-order valence-electron chi connectivity index (χ2n) is 12.7. The number of halogens is 1. The smallest absolute Gasteiger partial charge is 0.229 e. The van der Waals surface area contributed by atoms with E-state index >= 15 is 8.42 Å². The second-order valence-corrected chi connectivity index (χ2v) is 14.9. The average molecular weight is 685 g/mol. The Labute approximate surface area is 290 Å². The molecular weight excluding hydrogens is 642 g/mol. The first-order valence-electron chi connectivity index (χ1n) is 16.6. The predicted octanol–water partition coefficient (Wildman–Crippen LogP) is 7.43. The molecule has 5 rings (SSSR count). The number of fused-ring (bicyclic) bond motifs is 1. The summed E-state index contributed by atoms with van der Waals surface area (Å²) in [6, 6.07) is 23.1. The van der Waals surface area contributed by atoms with E-state index in [0.29, 0.717) is 47.4 Å². The summed E-state index contributed by atoms with van der Waals surface area (Å²) in [4.78, 5) is 13.3. The number of ether oxygens (including phenoxy) is 1. The van der Waals surface area contributed by atoms with E-state index in [1.54, 1.807) is 27.1 Å². The number of nitrogens with zero attached hydrogens (tertiary/aromatic N) is 3. The van der Waals surface area contributed by atoms with Crippen molar-refractivity contribution >= 4 is 57.8 Å². The highest BCUT2D eigenvalue weighted by Gasteiger charge is 2.38. The molecule has 0 saturated carbocycles. The highest BCUT2D eigenvalue weighted by Crippen LogP contribution is 2.32. The molecular formula is C36H43B2ClN4O4S. The number of amides is 1. The standard InChI is InChI=1S/C36H43B2ClN4O4S/c1-27(2)47-20-19-42-26-32-34(41-42)22-31(40-36(44)21-30-17-11-12-18-33(30)39)23-35(32)48(45,46)43(37(3)24-28-13-7-5-8-14-28)38(4)25-29-15-9-6-10-16-29/h5-10,13-18,22-23,26-27H,11-12,19-21,24-25H2,1-4H3,(H,40,44). The van der Waals surface area contributed by atoms with E-state index in [0.717, 1.165) is 29.5 Å². The molecule has 1 aromatic heterocycles. The summed E-state index contributed by atoms with van der Waals surface area (Å²) in [5, 5.41) is 8.73. The SMILES string of the molecule is CB(Cc1ccccc1)N(B(C)Cc1ccccc1)S(=O)(=O)c1cc(NC(=O)CC2=CCCC=C2Cl)cc2nn(CCOC(C)C)cc12. The van der Waals surface area contributed by atoms with Crippen molar-refractivity contribution in [2.75, 3.05) is 11.9 Å². The Morgan fingerprint density at radius 1 is 0.979 bits per heavy atom. The van der Waals surface area contributed by atoms with Crippen LogP contribution in [0.5, 0.6) is 0 Å². The van der Waals surface area contributed by atoms with Gasteiger partial charge in [0.05, 0.1) is 36.1 Å². The summed E-state index contributed by atoms with van der Waals surface area (Å²) < 4.78 is 39.2. The molecule has 0 fully saturated rings. The number of hydrogen-bond donors (Lipinski definition) is 1. The van der Waals surface area contributed by atoms with Crippen molar-refractivity contribution in [3.05, 3.63) is 113 Å². The average Bonchev–Trinajstić information content (AvgIpc) is 3.45. The van der Waals surface area contributed by atoms with Gasteiger partial charge in [-0.15, -0.1) is 0 Å². The van der Waals surface area contributed by atoms with Gasteiger partial charge in [-0.3, -0.25) is 13.6 Å². The van der Waals surface area contributed by atoms with E-state index in [2.05, 4.69) is 5.32 Å². The van der Waals surface area contributed by atoms with Gasteiger partial charge in [-0.1, -0.05) is 109 Å². The molecule has 12 heteroatoms. The van der Waals surface area contributed by atoms with E-state index in [9.17, 15) is 4.79 Å². The van der Waals surface area contributed by atoms with Gasteiger partial charge in [0.25, 0.3) is 0 Å². The molecule has 0 spiro atoms. The fraction of sp³-hybridized carbons (Fsp3) is 0.333. The molecule has 1 N–H and O–H groups in total. The summed E-state index contributed by atoms with van der Waals surface area (Å²) in [5.41, 5.74) is 3.69. The lowest BCUT2D eigenvalue weighted by Crippen LogP contribution is -2.52. The largest absolute Gasteiger partial charge is 0.377 e. The van der Waals surface area contributed by atoms with Crippen LogP contribution < -0.4 is 5.32 Å². The lowest BCUT2D eigenvalue weighted by molar-refractivity contribution is -0.115. The zero-order valence-corrected chi connectivity index (χ0v) is 29.7. The van der Waals surface area contributed by atoms with Gasteiger partial charge in [0.15, 0.2) is 0 Å². The number of nitrogens with one attached hydrogen (secondary N) is 1. The molecule has 8 nitrogen and oxygen atoms in total. The van der Waals surface area contributed by atoms with Gasteiger partial charge in [0.1, 0.15) is 0 Å². The molecule has 3 aromatic carbocycles. The van der Waals surface area contributed by atoms with Crippen LogP contribution in [0.25, 0.3) is 10.9 Å². The predicted molar refractivity (Wildman–Crippen MR) is 198 cm³/mol. The molecule has 1 heterocycles. The number of benzene rings is 3.